The number of anilines is 2. The largest absolute Gasteiger partial charge is 0.350 e. The second-order valence-corrected chi connectivity index (χ2v) is 9.46. The molecule has 0 aliphatic carbocycles. The van der Waals surface area contributed by atoms with E-state index in [-0.39, 0.29) is 12.4 Å². The summed E-state index contributed by atoms with van der Waals surface area (Å²) in [6.45, 7) is 3.13. The molecule has 118 valence electrons. The van der Waals surface area contributed by atoms with Crippen molar-refractivity contribution in [1.82, 2.24) is 0 Å². The molecule has 0 N–H and O–H groups in total. The number of nitrogens with zero attached hydrogens (tertiary/aromatic N) is 2. The molecule has 0 radical (unpaired) electrons. The van der Waals surface area contributed by atoms with E-state index < -0.39 is 0 Å². The lowest BCUT2D eigenvalue weighted by atomic mass is 10.3. The van der Waals surface area contributed by atoms with Crippen LogP contribution >= 0.6 is 103 Å². The normalized spacial score (nSPS) is 14.2. The molecule has 0 aromatic heterocycles. The van der Waals surface area contributed by atoms with Gasteiger partial charge in [0.2, 0.25) is 0 Å². The quantitative estimate of drug-likeness (QED) is 0.357. The van der Waals surface area contributed by atoms with E-state index in [1.807, 2.05) is 0 Å². The summed E-state index contributed by atoms with van der Waals surface area (Å²) in [6, 6.07) is 13.0. The fraction of sp³-hybridized carbons (Fsp3) is 0.200. The molecule has 2 nitrogen and oxygen atoms in total. The van der Waals surface area contributed by atoms with Crippen LogP contribution < -0.4 is 9.80 Å². The molecule has 1 fully saturated rings. The topological polar surface area (TPSA) is 6.48 Å². The number of para-hydroxylation sites is 2. The number of benzene rings is 2. The highest BCUT2D eigenvalue weighted by atomic mass is 127. The zero-order valence-electron chi connectivity index (χ0n) is 11.4. The van der Waals surface area contributed by atoms with Crippen LogP contribution in [-0.2, 0) is 0 Å². The van der Waals surface area contributed by atoms with Crippen LogP contribution in [0.15, 0.2) is 36.4 Å². The van der Waals surface area contributed by atoms with Gasteiger partial charge in [0.1, 0.15) is 0 Å². The van der Waals surface area contributed by atoms with E-state index in [4.69, 9.17) is 0 Å². The maximum atomic E-state index is 2.49. The minimum Gasteiger partial charge on any atom is -0.350 e. The molecule has 0 spiro atoms. The summed E-state index contributed by atoms with van der Waals surface area (Å²) in [6.07, 6.45) is 0. The molecule has 2 aromatic rings. The molecule has 7 heteroatoms. The number of hydrogen-bond donors (Lipinski definition) is 0. The van der Waals surface area contributed by atoms with E-state index in [1.54, 1.807) is 0 Å². The van der Waals surface area contributed by atoms with Gasteiger partial charge in [0.15, 0.2) is 0 Å². The molecule has 1 heterocycles. The first kappa shape index (κ1) is 19.6. The maximum absolute atomic E-state index is 2.49. The van der Waals surface area contributed by atoms with Crippen molar-refractivity contribution in [2.75, 3.05) is 29.6 Å². The molecule has 0 bridgehead atoms. The van der Waals surface area contributed by atoms with E-state index >= 15 is 0 Å². The van der Waals surface area contributed by atoms with E-state index in [0.29, 0.717) is 0 Å². The van der Waals surface area contributed by atoms with Gasteiger partial charge < -0.3 is 9.80 Å². The van der Waals surface area contributed by atoms with E-state index in [2.05, 4.69) is 137 Å². The first-order chi connectivity index (χ1) is 10.1. The van der Waals surface area contributed by atoms with Gasteiger partial charge in [0.25, 0.3) is 0 Å². The lowest BCUT2D eigenvalue weighted by Crippen LogP contribution is -2.27. The minimum atomic E-state index is 0. The van der Waals surface area contributed by atoms with E-state index in [9.17, 15) is 0 Å². The van der Waals surface area contributed by atoms with Crippen molar-refractivity contribution in [3.63, 3.8) is 0 Å². The van der Waals surface area contributed by atoms with Crippen molar-refractivity contribution in [3.8, 4) is 0 Å². The Balaban J connectivity index is 0.00000176. The van der Waals surface area contributed by atoms with Crippen LogP contribution in [0.1, 0.15) is 0 Å². The summed E-state index contributed by atoms with van der Waals surface area (Å²) in [7, 11) is 0. The third-order valence-corrected chi connectivity index (χ3v) is 6.97. The van der Waals surface area contributed by atoms with Crippen LogP contribution in [0.3, 0.4) is 0 Å². The molecule has 1 aliphatic heterocycles. The Bertz CT molecular complexity index is 583. The van der Waals surface area contributed by atoms with E-state index in [1.165, 1.54) is 25.7 Å². The standard InChI is InChI=1S/C15H12I4N2.ClH/c16-10-3-1-4-11(17)14(10)20-7-8-21(9-20)15-12(18)5-2-6-13(15)19;/h1-6H,7-9H2;1H. The minimum absolute atomic E-state index is 0. The maximum Gasteiger partial charge on any atom is 0.0905 e. The SMILES string of the molecule is Cl.Ic1cccc(I)c1N1CCN(c2c(I)cccc2I)C1. The highest BCUT2D eigenvalue weighted by Gasteiger charge is 2.25. The number of rotatable bonds is 2. The van der Waals surface area contributed by atoms with Gasteiger partial charge in [0.05, 0.1) is 18.0 Å². The van der Waals surface area contributed by atoms with Gasteiger partial charge in [-0.3, -0.25) is 0 Å². The second-order valence-electron chi connectivity index (χ2n) is 4.81. The van der Waals surface area contributed by atoms with Crippen LogP contribution in [0.5, 0.6) is 0 Å². The summed E-state index contributed by atoms with van der Waals surface area (Å²) in [5.74, 6) is 0. The molecule has 0 unspecified atom stereocenters. The molecule has 22 heavy (non-hydrogen) atoms. The Morgan fingerprint density at radius 3 is 1.27 bits per heavy atom. The van der Waals surface area contributed by atoms with Crippen LogP contribution in [-0.4, -0.2) is 19.8 Å². The monoisotopic (exact) mass is 764 g/mol. The fourth-order valence-electron chi connectivity index (χ4n) is 2.54. The molecule has 1 saturated heterocycles. The summed E-state index contributed by atoms with van der Waals surface area (Å²) >= 11 is 9.77. The average Bonchev–Trinajstić information content (AvgIpc) is 2.87. The van der Waals surface area contributed by atoms with Gasteiger partial charge in [-0.25, -0.2) is 0 Å². The van der Waals surface area contributed by atoms with Crippen molar-refractivity contribution in [1.29, 1.82) is 0 Å². The lowest BCUT2D eigenvalue weighted by Gasteiger charge is -2.24. The van der Waals surface area contributed by atoms with Crippen LogP contribution in [0, 0.1) is 14.3 Å². The zero-order valence-corrected chi connectivity index (χ0v) is 20.8. The van der Waals surface area contributed by atoms with Crippen LogP contribution in [0.25, 0.3) is 0 Å². The van der Waals surface area contributed by atoms with Gasteiger partial charge in [-0.15, -0.1) is 12.4 Å². The van der Waals surface area contributed by atoms with Crippen LogP contribution in [0.2, 0.25) is 0 Å². The molecular formula is C15H13ClI4N2. The van der Waals surface area contributed by atoms with Crippen LogP contribution in [0.4, 0.5) is 11.4 Å². The van der Waals surface area contributed by atoms with Gasteiger partial charge >= 0.3 is 0 Å². The average molecular weight is 764 g/mol. The van der Waals surface area contributed by atoms with Gasteiger partial charge in [-0.1, -0.05) is 12.1 Å². The van der Waals surface area contributed by atoms with Gasteiger partial charge in [0, 0.05) is 27.4 Å². The highest BCUT2D eigenvalue weighted by Crippen LogP contribution is 2.34. The zero-order chi connectivity index (χ0) is 15.0. The predicted molar refractivity (Wildman–Crippen MR) is 131 cm³/mol. The summed E-state index contributed by atoms with van der Waals surface area (Å²) in [5.41, 5.74) is 2.75. The molecule has 3 rings (SSSR count). The second kappa shape index (κ2) is 8.56. The molecule has 0 atom stereocenters. The third-order valence-electron chi connectivity index (χ3n) is 3.49. The van der Waals surface area contributed by atoms with Crippen molar-refractivity contribution < 1.29 is 0 Å². The van der Waals surface area contributed by atoms with Gasteiger partial charge in [-0.05, 0) is 115 Å². The van der Waals surface area contributed by atoms with Crippen molar-refractivity contribution in [3.05, 3.63) is 50.7 Å². The van der Waals surface area contributed by atoms with E-state index in [0.717, 1.165) is 19.8 Å². The molecular weight excluding hydrogens is 751 g/mol. The Hall–Kier alpha value is 1.25. The Morgan fingerprint density at radius 1 is 0.636 bits per heavy atom. The van der Waals surface area contributed by atoms with Gasteiger partial charge in [-0.2, -0.15) is 0 Å². The summed E-state index contributed by atoms with van der Waals surface area (Å²) in [4.78, 5) is 4.98. The number of hydrogen-bond acceptors (Lipinski definition) is 2. The number of halogens is 5. The molecule has 1 aliphatic rings. The Kier molecular flexibility index (Phi) is 7.62. The molecule has 0 amide bonds. The first-order valence-corrected chi connectivity index (χ1v) is 10.8. The third kappa shape index (κ3) is 4.07. The summed E-state index contributed by atoms with van der Waals surface area (Å²) in [5, 5.41) is 0. The molecule has 2 aromatic carbocycles. The smallest absolute Gasteiger partial charge is 0.0905 e. The lowest BCUT2D eigenvalue weighted by molar-refractivity contribution is 0.939. The molecule has 0 saturated carbocycles. The fourth-order valence-corrected chi connectivity index (χ4v) is 6.93. The summed E-state index contributed by atoms with van der Waals surface area (Å²) < 4.78 is 5.33. The van der Waals surface area contributed by atoms with Crippen molar-refractivity contribution >= 4 is 114 Å². The first-order valence-electron chi connectivity index (χ1n) is 6.46. The highest BCUT2D eigenvalue weighted by molar-refractivity contribution is 14.1. The van der Waals surface area contributed by atoms with Crippen molar-refractivity contribution in [2.45, 2.75) is 0 Å². The predicted octanol–water partition coefficient (Wildman–Crippen LogP) is 5.81. The Morgan fingerprint density at radius 2 is 0.955 bits per heavy atom. The van der Waals surface area contributed by atoms with Crippen molar-refractivity contribution in [2.24, 2.45) is 0 Å². The Labute approximate surface area is 191 Å².